The molecule has 0 N–H and O–H groups in total. The molecule has 0 unspecified atom stereocenters. The second kappa shape index (κ2) is 8.44. The van der Waals surface area contributed by atoms with Gasteiger partial charge in [0.1, 0.15) is 5.82 Å². The molecule has 0 saturated heterocycles. The number of pyridine rings is 1. The summed E-state index contributed by atoms with van der Waals surface area (Å²) in [5, 5.41) is 0. The summed E-state index contributed by atoms with van der Waals surface area (Å²) in [6, 6.07) is 13.0. The number of anilines is 3. The Labute approximate surface area is 175 Å². The molecule has 0 aliphatic heterocycles. The van der Waals surface area contributed by atoms with E-state index in [0.29, 0.717) is 12.6 Å². The molecule has 2 aromatic rings. The SMILES string of the molecule is CCN(c1ccc(CN(C(=O)C(C)(C)C)c2ccc(N(C)C)cc2)cn1)C1CC1. The van der Waals surface area contributed by atoms with E-state index in [1.54, 1.807) is 0 Å². The highest BCUT2D eigenvalue weighted by Crippen LogP contribution is 2.31. The zero-order valence-electron chi connectivity index (χ0n) is 18.6. The zero-order chi connectivity index (χ0) is 21.2. The summed E-state index contributed by atoms with van der Waals surface area (Å²) in [6.07, 6.45) is 4.43. The van der Waals surface area contributed by atoms with Crippen LogP contribution in [-0.2, 0) is 11.3 Å². The Morgan fingerprint density at radius 3 is 2.10 bits per heavy atom. The quantitative estimate of drug-likeness (QED) is 0.681. The van der Waals surface area contributed by atoms with Crippen LogP contribution in [-0.4, -0.2) is 37.6 Å². The molecule has 1 fully saturated rings. The minimum atomic E-state index is -0.460. The lowest BCUT2D eigenvalue weighted by Gasteiger charge is -2.30. The Bertz CT molecular complexity index is 817. The number of benzene rings is 1. The van der Waals surface area contributed by atoms with Crippen molar-refractivity contribution < 1.29 is 4.79 Å². The Balaban J connectivity index is 1.84. The second-order valence-corrected chi connectivity index (χ2v) is 9.09. The molecule has 0 spiro atoms. The summed E-state index contributed by atoms with van der Waals surface area (Å²) < 4.78 is 0. The third kappa shape index (κ3) is 5.08. The molecule has 1 aliphatic carbocycles. The standard InChI is InChI=1S/C24H34N4O/c1-7-27(20-13-14-20)22-15-8-18(16-25-22)17-28(23(29)24(2,3)4)21-11-9-19(10-12-21)26(5)6/h8-12,15-16,20H,7,13-14,17H2,1-6H3. The maximum Gasteiger partial charge on any atom is 0.232 e. The van der Waals surface area contributed by atoms with Gasteiger partial charge in [-0.3, -0.25) is 4.79 Å². The van der Waals surface area contributed by atoms with E-state index in [1.807, 2.05) is 70.2 Å². The van der Waals surface area contributed by atoms with Gasteiger partial charge in [0, 0.05) is 49.7 Å². The topological polar surface area (TPSA) is 39.7 Å². The number of hydrogen-bond acceptors (Lipinski definition) is 4. The first-order chi connectivity index (χ1) is 13.7. The van der Waals surface area contributed by atoms with Gasteiger partial charge in [-0.2, -0.15) is 0 Å². The molecule has 1 amide bonds. The van der Waals surface area contributed by atoms with E-state index < -0.39 is 5.41 Å². The molecule has 3 rings (SSSR count). The molecule has 5 heteroatoms. The van der Waals surface area contributed by atoms with Gasteiger partial charge in [0.25, 0.3) is 0 Å². The normalized spacial score (nSPS) is 13.9. The first-order valence-corrected chi connectivity index (χ1v) is 10.5. The number of amides is 1. The predicted molar refractivity (Wildman–Crippen MR) is 122 cm³/mol. The highest BCUT2D eigenvalue weighted by molar-refractivity contribution is 5.97. The Hall–Kier alpha value is -2.56. The molecule has 1 aromatic carbocycles. The van der Waals surface area contributed by atoms with Crippen molar-refractivity contribution in [2.45, 2.75) is 53.1 Å². The van der Waals surface area contributed by atoms with Gasteiger partial charge >= 0.3 is 0 Å². The minimum absolute atomic E-state index is 0.104. The van der Waals surface area contributed by atoms with Crippen molar-refractivity contribution in [3.8, 4) is 0 Å². The molecule has 156 valence electrons. The highest BCUT2D eigenvalue weighted by atomic mass is 16.2. The van der Waals surface area contributed by atoms with E-state index in [-0.39, 0.29) is 5.91 Å². The lowest BCUT2D eigenvalue weighted by molar-refractivity contribution is -0.125. The van der Waals surface area contributed by atoms with Gasteiger partial charge in [0.2, 0.25) is 5.91 Å². The molecule has 0 bridgehead atoms. The van der Waals surface area contributed by atoms with Gasteiger partial charge in [-0.1, -0.05) is 26.8 Å². The molecule has 1 aliphatic rings. The fourth-order valence-electron chi connectivity index (χ4n) is 3.47. The van der Waals surface area contributed by atoms with E-state index in [9.17, 15) is 4.79 Å². The number of aromatic nitrogens is 1. The summed E-state index contributed by atoms with van der Waals surface area (Å²) >= 11 is 0. The van der Waals surface area contributed by atoms with Crippen molar-refractivity contribution in [2.75, 3.05) is 35.3 Å². The molecule has 1 heterocycles. The Morgan fingerprint density at radius 2 is 1.66 bits per heavy atom. The predicted octanol–water partition coefficient (Wildman–Crippen LogP) is 4.72. The monoisotopic (exact) mass is 394 g/mol. The lowest BCUT2D eigenvalue weighted by Crippen LogP contribution is -2.39. The van der Waals surface area contributed by atoms with Gasteiger partial charge in [0.15, 0.2) is 0 Å². The zero-order valence-corrected chi connectivity index (χ0v) is 18.6. The van der Waals surface area contributed by atoms with Crippen molar-refractivity contribution in [1.29, 1.82) is 0 Å². The summed E-state index contributed by atoms with van der Waals surface area (Å²) in [7, 11) is 4.03. The van der Waals surface area contributed by atoms with Crippen LogP contribution >= 0.6 is 0 Å². The van der Waals surface area contributed by atoms with Crippen LogP contribution in [0.15, 0.2) is 42.6 Å². The van der Waals surface area contributed by atoms with Crippen LogP contribution in [0.5, 0.6) is 0 Å². The first kappa shape index (κ1) is 21.2. The van der Waals surface area contributed by atoms with Crippen LogP contribution in [0.1, 0.15) is 46.1 Å². The Morgan fingerprint density at radius 1 is 1.03 bits per heavy atom. The van der Waals surface area contributed by atoms with Crippen molar-refractivity contribution in [1.82, 2.24) is 4.98 Å². The van der Waals surface area contributed by atoms with Crippen molar-refractivity contribution in [2.24, 2.45) is 5.41 Å². The van der Waals surface area contributed by atoms with Crippen LogP contribution in [0.25, 0.3) is 0 Å². The van der Waals surface area contributed by atoms with Crippen LogP contribution in [0.4, 0.5) is 17.2 Å². The minimum Gasteiger partial charge on any atom is -0.378 e. The number of rotatable bonds is 7. The number of carbonyl (C=O) groups is 1. The second-order valence-electron chi connectivity index (χ2n) is 9.09. The molecule has 0 radical (unpaired) electrons. The molecule has 1 saturated carbocycles. The highest BCUT2D eigenvalue weighted by Gasteiger charge is 2.30. The van der Waals surface area contributed by atoms with Crippen LogP contribution in [0.3, 0.4) is 0 Å². The van der Waals surface area contributed by atoms with Crippen molar-refractivity contribution in [3.05, 3.63) is 48.2 Å². The van der Waals surface area contributed by atoms with E-state index in [2.05, 4.69) is 28.9 Å². The molecular weight excluding hydrogens is 360 g/mol. The number of carbonyl (C=O) groups excluding carboxylic acids is 1. The molecule has 5 nitrogen and oxygen atoms in total. The smallest absolute Gasteiger partial charge is 0.232 e. The average Bonchev–Trinajstić information content (AvgIpc) is 3.52. The van der Waals surface area contributed by atoms with Gasteiger partial charge in [-0.15, -0.1) is 0 Å². The molecular formula is C24H34N4O. The molecule has 0 atom stereocenters. The summed E-state index contributed by atoms with van der Waals surface area (Å²) in [6.45, 7) is 9.56. The summed E-state index contributed by atoms with van der Waals surface area (Å²) in [5.74, 6) is 1.13. The first-order valence-electron chi connectivity index (χ1n) is 10.5. The lowest BCUT2D eigenvalue weighted by atomic mass is 9.94. The van der Waals surface area contributed by atoms with Gasteiger partial charge in [-0.25, -0.2) is 4.98 Å². The van der Waals surface area contributed by atoms with Gasteiger partial charge < -0.3 is 14.7 Å². The fraction of sp³-hybridized carbons (Fsp3) is 0.500. The fourth-order valence-corrected chi connectivity index (χ4v) is 3.47. The third-order valence-corrected chi connectivity index (χ3v) is 5.34. The summed E-state index contributed by atoms with van der Waals surface area (Å²) in [4.78, 5) is 24.2. The van der Waals surface area contributed by atoms with Gasteiger partial charge in [0.05, 0.1) is 6.54 Å². The van der Waals surface area contributed by atoms with Crippen molar-refractivity contribution >= 4 is 23.1 Å². The molecule has 1 aromatic heterocycles. The largest absolute Gasteiger partial charge is 0.378 e. The average molecular weight is 395 g/mol. The summed E-state index contributed by atoms with van der Waals surface area (Å²) in [5.41, 5.74) is 2.60. The van der Waals surface area contributed by atoms with E-state index in [4.69, 9.17) is 4.98 Å². The Kier molecular flexibility index (Phi) is 6.15. The van der Waals surface area contributed by atoms with E-state index >= 15 is 0 Å². The molecule has 29 heavy (non-hydrogen) atoms. The maximum atomic E-state index is 13.2. The number of nitrogens with zero attached hydrogens (tertiary/aromatic N) is 4. The van der Waals surface area contributed by atoms with Crippen LogP contribution in [0.2, 0.25) is 0 Å². The van der Waals surface area contributed by atoms with Crippen molar-refractivity contribution in [3.63, 3.8) is 0 Å². The van der Waals surface area contributed by atoms with E-state index in [0.717, 1.165) is 29.3 Å². The third-order valence-electron chi connectivity index (χ3n) is 5.34. The van der Waals surface area contributed by atoms with Crippen LogP contribution < -0.4 is 14.7 Å². The number of hydrogen-bond donors (Lipinski definition) is 0. The van der Waals surface area contributed by atoms with Crippen LogP contribution in [0, 0.1) is 5.41 Å². The van der Waals surface area contributed by atoms with Gasteiger partial charge in [-0.05, 0) is 55.7 Å². The van der Waals surface area contributed by atoms with E-state index in [1.165, 1.54) is 12.8 Å². The maximum absolute atomic E-state index is 13.2.